The molecule has 0 aliphatic carbocycles. The lowest BCUT2D eigenvalue weighted by atomic mass is 9.91. The van der Waals surface area contributed by atoms with Crippen LogP contribution in [-0.4, -0.2) is 46.0 Å². The molecule has 0 unspecified atom stereocenters. The van der Waals surface area contributed by atoms with Crippen molar-refractivity contribution in [3.63, 3.8) is 0 Å². The second-order valence-corrected chi connectivity index (χ2v) is 9.95. The van der Waals surface area contributed by atoms with Gasteiger partial charge in [-0.2, -0.15) is 5.10 Å². The zero-order chi connectivity index (χ0) is 25.0. The predicted octanol–water partition coefficient (Wildman–Crippen LogP) is 5.85. The van der Waals surface area contributed by atoms with E-state index in [1.54, 1.807) is 18.5 Å². The van der Waals surface area contributed by atoms with Gasteiger partial charge in [0.05, 0.1) is 18.9 Å². The predicted molar refractivity (Wildman–Crippen MR) is 145 cm³/mol. The fourth-order valence-corrected chi connectivity index (χ4v) is 5.06. The number of ether oxygens (including phenoxy) is 1. The summed E-state index contributed by atoms with van der Waals surface area (Å²) in [6, 6.07) is 13.6. The highest BCUT2D eigenvalue weighted by atomic mass is 16.5. The molecular weight excluding hydrogens is 446 g/mol. The van der Waals surface area contributed by atoms with Crippen molar-refractivity contribution in [1.29, 1.82) is 0 Å². The molecule has 1 aliphatic heterocycles. The minimum absolute atomic E-state index is 0.361. The van der Waals surface area contributed by atoms with Gasteiger partial charge in [-0.15, -0.1) is 5.10 Å². The first-order valence-corrected chi connectivity index (χ1v) is 13.7. The molecule has 3 heterocycles. The van der Waals surface area contributed by atoms with Gasteiger partial charge in [-0.3, -0.25) is 0 Å². The van der Waals surface area contributed by atoms with E-state index in [0.29, 0.717) is 30.1 Å². The maximum absolute atomic E-state index is 6.15. The molecule has 0 bridgehead atoms. The molecule has 1 fully saturated rings. The molecule has 1 saturated heterocycles. The third-order valence-electron chi connectivity index (χ3n) is 7.27. The van der Waals surface area contributed by atoms with E-state index in [1.807, 2.05) is 13.0 Å². The van der Waals surface area contributed by atoms with Crippen molar-refractivity contribution in [1.82, 2.24) is 25.5 Å². The van der Waals surface area contributed by atoms with Crippen LogP contribution in [0.15, 0.2) is 48.8 Å². The van der Waals surface area contributed by atoms with Crippen LogP contribution in [0.5, 0.6) is 0 Å². The number of benzene rings is 1. The first-order valence-electron chi connectivity index (χ1n) is 13.7. The van der Waals surface area contributed by atoms with Crippen LogP contribution < -0.4 is 5.32 Å². The number of rotatable bonds is 14. The first-order chi connectivity index (χ1) is 17.7. The highest BCUT2D eigenvalue weighted by Gasteiger charge is 2.28. The lowest BCUT2D eigenvalue weighted by Gasteiger charge is -2.20. The zero-order valence-electron chi connectivity index (χ0n) is 22.0. The van der Waals surface area contributed by atoms with Crippen molar-refractivity contribution in [3.05, 3.63) is 71.2 Å². The number of nitrogens with zero attached hydrogens (tertiary/aromatic N) is 4. The molecule has 2 aromatic heterocycles. The van der Waals surface area contributed by atoms with E-state index in [4.69, 9.17) is 4.74 Å². The summed E-state index contributed by atoms with van der Waals surface area (Å²) in [5.41, 5.74) is 5.66. The minimum atomic E-state index is 0.361. The SMILES string of the molecule is CCCCCCCCc1ccc([C@H]2CCN[C@@H]2COCCc2cc(-c3ncccn3)nnc2C)cc1. The van der Waals surface area contributed by atoms with Gasteiger partial charge >= 0.3 is 0 Å². The summed E-state index contributed by atoms with van der Waals surface area (Å²) < 4.78 is 6.15. The van der Waals surface area contributed by atoms with E-state index < -0.39 is 0 Å². The Hall–Kier alpha value is -2.70. The Morgan fingerprint density at radius 3 is 2.53 bits per heavy atom. The average molecular weight is 488 g/mol. The van der Waals surface area contributed by atoms with Crippen molar-refractivity contribution in [2.75, 3.05) is 19.8 Å². The number of aryl methyl sites for hydroxylation is 2. The molecule has 3 aromatic rings. The van der Waals surface area contributed by atoms with E-state index >= 15 is 0 Å². The van der Waals surface area contributed by atoms with Gasteiger partial charge in [0.25, 0.3) is 0 Å². The largest absolute Gasteiger partial charge is 0.379 e. The maximum Gasteiger partial charge on any atom is 0.180 e. The monoisotopic (exact) mass is 487 g/mol. The molecule has 0 saturated carbocycles. The first kappa shape index (κ1) is 26.4. The Labute approximate surface area is 216 Å². The second-order valence-electron chi connectivity index (χ2n) is 9.95. The molecule has 36 heavy (non-hydrogen) atoms. The van der Waals surface area contributed by atoms with Crippen LogP contribution in [0.3, 0.4) is 0 Å². The molecule has 1 aromatic carbocycles. The van der Waals surface area contributed by atoms with E-state index in [1.165, 1.54) is 62.5 Å². The minimum Gasteiger partial charge on any atom is -0.379 e. The Bertz CT molecular complexity index is 1040. The van der Waals surface area contributed by atoms with E-state index in [0.717, 1.165) is 30.8 Å². The van der Waals surface area contributed by atoms with Crippen LogP contribution in [0.4, 0.5) is 0 Å². The van der Waals surface area contributed by atoms with Crippen LogP contribution in [-0.2, 0) is 17.6 Å². The van der Waals surface area contributed by atoms with Gasteiger partial charge in [0.2, 0.25) is 0 Å². The van der Waals surface area contributed by atoms with Crippen LogP contribution in [0, 0.1) is 6.92 Å². The normalized spacial score (nSPS) is 17.5. The smallest absolute Gasteiger partial charge is 0.180 e. The Morgan fingerprint density at radius 2 is 1.72 bits per heavy atom. The van der Waals surface area contributed by atoms with Crippen molar-refractivity contribution in [2.45, 2.75) is 83.6 Å². The van der Waals surface area contributed by atoms with E-state index in [2.05, 4.69) is 56.7 Å². The standard InChI is InChI=1S/C30H41N5O/c1-3-4-5-6-7-8-10-24-11-13-25(14-12-24)27-15-19-31-29(27)22-36-20-16-26-21-28(35-34-23(26)2)30-32-17-9-18-33-30/h9,11-14,17-18,21,27,29,31H,3-8,10,15-16,19-20,22H2,1-2H3/t27-,29-/m1/s1. The average Bonchev–Trinajstić information content (AvgIpc) is 3.39. The van der Waals surface area contributed by atoms with Gasteiger partial charge in [-0.1, -0.05) is 63.3 Å². The maximum atomic E-state index is 6.15. The topological polar surface area (TPSA) is 72.8 Å². The summed E-state index contributed by atoms with van der Waals surface area (Å²) in [4.78, 5) is 8.57. The Balaban J connectivity index is 1.22. The lowest BCUT2D eigenvalue weighted by molar-refractivity contribution is 0.114. The number of unbranched alkanes of at least 4 members (excludes halogenated alkanes) is 5. The molecule has 2 atom stereocenters. The molecule has 0 radical (unpaired) electrons. The van der Waals surface area contributed by atoms with Gasteiger partial charge in [0, 0.05) is 24.4 Å². The van der Waals surface area contributed by atoms with E-state index in [-0.39, 0.29) is 0 Å². The summed E-state index contributed by atoms with van der Waals surface area (Å²) in [6.07, 6.45) is 14.7. The molecule has 4 rings (SSSR count). The van der Waals surface area contributed by atoms with Gasteiger partial charge in [0.15, 0.2) is 5.82 Å². The molecule has 6 heteroatoms. The lowest BCUT2D eigenvalue weighted by Crippen LogP contribution is -2.31. The summed E-state index contributed by atoms with van der Waals surface area (Å²) in [5.74, 6) is 1.11. The van der Waals surface area contributed by atoms with Crippen molar-refractivity contribution in [2.24, 2.45) is 0 Å². The summed E-state index contributed by atoms with van der Waals surface area (Å²) in [7, 11) is 0. The highest BCUT2D eigenvalue weighted by molar-refractivity contribution is 5.49. The summed E-state index contributed by atoms with van der Waals surface area (Å²) in [5, 5.41) is 12.2. The fraction of sp³-hybridized carbons (Fsp3) is 0.533. The van der Waals surface area contributed by atoms with Gasteiger partial charge in [0.1, 0.15) is 5.69 Å². The number of hydrogen-bond donors (Lipinski definition) is 1. The molecular formula is C30H41N5O. The molecule has 192 valence electrons. The molecule has 0 amide bonds. The van der Waals surface area contributed by atoms with Crippen LogP contribution in [0.25, 0.3) is 11.5 Å². The zero-order valence-corrected chi connectivity index (χ0v) is 22.0. The molecule has 1 aliphatic rings. The summed E-state index contributed by atoms with van der Waals surface area (Å²) >= 11 is 0. The van der Waals surface area contributed by atoms with Crippen molar-refractivity contribution < 1.29 is 4.74 Å². The van der Waals surface area contributed by atoms with Gasteiger partial charge in [-0.05, 0) is 68.0 Å². The second kappa shape index (κ2) is 14.1. The van der Waals surface area contributed by atoms with Gasteiger partial charge < -0.3 is 10.1 Å². The number of hydrogen-bond acceptors (Lipinski definition) is 6. The molecule has 0 spiro atoms. The number of aromatic nitrogens is 4. The van der Waals surface area contributed by atoms with E-state index in [9.17, 15) is 0 Å². The Kier molecular flexibility index (Phi) is 10.4. The molecule has 6 nitrogen and oxygen atoms in total. The highest BCUT2D eigenvalue weighted by Crippen LogP contribution is 2.28. The third-order valence-corrected chi connectivity index (χ3v) is 7.27. The Morgan fingerprint density at radius 1 is 0.944 bits per heavy atom. The quantitative estimate of drug-likeness (QED) is 0.288. The van der Waals surface area contributed by atoms with Crippen molar-refractivity contribution >= 4 is 0 Å². The van der Waals surface area contributed by atoms with Gasteiger partial charge in [-0.25, -0.2) is 9.97 Å². The van der Waals surface area contributed by atoms with Crippen LogP contribution in [0.1, 0.15) is 80.2 Å². The van der Waals surface area contributed by atoms with Crippen molar-refractivity contribution in [3.8, 4) is 11.5 Å². The fourth-order valence-electron chi connectivity index (χ4n) is 5.06. The number of nitrogens with one attached hydrogen (secondary N) is 1. The summed E-state index contributed by atoms with van der Waals surface area (Å²) in [6.45, 7) is 6.69. The molecule has 1 N–H and O–H groups in total. The van der Waals surface area contributed by atoms with Crippen LogP contribution >= 0.6 is 0 Å². The van der Waals surface area contributed by atoms with Crippen LogP contribution in [0.2, 0.25) is 0 Å². The third kappa shape index (κ3) is 7.65.